The fourth-order valence-electron chi connectivity index (χ4n) is 1.26. The number of halogens is 2. The van der Waals surface area contributed by atoms with Crippen LogP contribution in [0.15, 0.2) is 22.7 Å². The van der Waals surface area contributed by atoms with Crippen LogP contribution in [0.4, 0.5) is 4.39 Å². The smallest absolute Gasteiger partial charge is 0.230 e. The Hall–Kier alpha value is -0.550. The van der Waals surface area contributed by atoms with Gasteiger partial charge >= 0.3 is 0 Å². The molecule has 0 aromatic heterocycles. The Morgan fingerprint density at radius 3 is 2.82 bits per heavy atom. The number of carbonyl (C=O) groups excluding carboxylic acids is 1. The highest BCUT2D eigenvalue weighted by atomic mass is 79.9. The fraction of sp³-hybridized carbons (Fsp3) is 0.417. The molecule has 1 aromatic carbocycles. The van der Waals surface area contributed by atoms with E-state index in [-0.39, 0.29) is 17.8 Å². The molecule has 0 heterocycles. The summed E-state index contributed by atoms with van der Waals surface area (Å²) in [6.07, 6.45) is 0. The maximum Gasteiger partial charge on any atom is 0.230 e. The van der Waals surface area contributed by atoms with Crippen molar-refractivity contribution in [2.75, 3.05) is 5.75 Å². The van der Waals surface area contributed by atoms with Crippen molar-refractivity contribution in [2.24, 2.45) is 0 Å². The largest absolute Gasteiger partial charge is 0.353 e. The quantitative estimate of drug-likeness (QED) is 0.901. The summed E-state index contributed by atoms with van der Waals surface area (Å²) in [7, 11) is 0. The highest BCUT2D eigenvalue weighted by molar-refractivity contribution is 9.10. The van der Waals surface area contributed by atoms with E-state index in [4.69, 9.17) is 0 Å². The number of amides is 1. The molecule has 1 N–H and O–H groups in total. The van der Waals surface area contributed by atoms with E-state index in [1.807, 2.05) is 13.8 Å². The van der Waals surface area contributed by atoms with Crippen molar-refractivity contribution >= 4 is 33.6 Å². The van der Waals surface area contributed by atoms with E-state index in [1.165, 1.54) is 23.9 Å². The zero-order chi connectivity index (χ0) is 12.8. The number of benzene rings is 1. The number of hydrogen-bond acceptors (Lipinski definition) is 2. The Balaban J connectivity index is 2.38. The Morgan fingerprint density at radius 1 is 1.53 bits per heavy atom. The number of hydrogen-bond donors (Lipinski definition) is 1. The van der Waals surface area contributed by atoms with Gasteiger partial charge in [0, 0.05) is 16.3 Å². The number of rotatable bonds is 5. The minimum Gasteiger partial charge on any atom is -0.353 e. The predicted molar refractivity (Wildman–Crippen MR) is 73.5 cm³/mol. The molecule has 0 saturated heterocycles. The Kier molecular flexibility index (Phi) is 5.98. The van der Waals surface area contributed by atoms with Gasteiger partial charge < -0.3 is 5.32 Å². The molecule has 0 radical (unpaired) electrons. The van der Waals surface area contributed by atoms with Gasteiger partial charge in [0.1, 0.15) is 5.82 Å². The molecule has 2 nitrogen and oxygen atoms in total. The summed E-state index contributed by atoms with van der Waals surface area (Å²) in [5.41, 5.74) is 0.994. The molecule has 1 amide bonds. The lowest BCUT2D eigenvalue weighted by Crippen LogP contribution is -2.31. The van der Waals surface area contributed by atoms with E-state index in [1.54, 1.807) is 6.07 Å². The molecule has 1 aromatic rings. The fourth-order valence-corrected chi connectivity index (χ4v) is 2.78. The molecule has 0 saturated carbocycles. The summed E-state index contributed by atoms with van der Waals surface area (Å²) < 4.78 is 13.6. The Bertz CT molecular complexity index is 398. The molecular formula is C12H15BrFNOS. The lowest BCUT2D eigenvalue weighted by atomic mass is 10.2. The first-order chi connectivity index (χ1) is 7.99. The predicted octanol–water partition coefficient (Wildman–Crippen LogP) is 3.35. The highest BCUT2D eigenvalue weighted by Crippen LogP contribution is 2.22. The van der Waals surface area contributed by atoms with E-state index in [0.29, 0.717) is 11.5 Å². The minimum absolute atomic E-state index is 0.0308. The minimum atomic E-state index is -0.261. The normalized spacial score (nSPS) is 10.6. The zero-order valence-electron chi connectivity index (χ0n) is 9.80. The molecule has 5 heteroatoms. The molecule has 0 bridgehead atoms. The summed E-state index contributed by atoms with van der Waals surface area (Å²) in [5.74, 6) is 0.875. The number of nitrogens with one attached hydrogen (secondary N) is 1. The van der Waals surface area contributed by atoms with Crippen molar-refractivity contribution in [3.63, 3.8) is 0 Å². The van der Waals surface area contributed by atoms with Crippen LogP contribution in [0.2, 0.25) is 0 Å². The Morgan fingerprint density at radius 2 is 2.24 bits per heavy atom. The van der Waals surface area contributed by atoms with Crippen LogP contribution in [-0.4, -0.2) is 17.7 Å². The van der Waals surface area contributed by atoms with Gasteiger partial charge in [-0.1, -0.05) is 22.0 Å². The van der Waals surface area contributed by atoms with Crippen LogP contribution in [0.25, 0.3) is 0 Å². The lowest BCUT2D eigenvalue weighted by molar-refractivity contribution is -0.119. The van der Waals surface area contributed by atoms with Gasteiger partial charge in [-0.05, 0) is 31.5 Å². The lowest BCUT2D eigenvalue weighted by Gasteiger charge is -2.08. The second-order valence-electron chi connectivity index (χ2n) is 3.95. The Labute approximate surface area is 113 Å². The summed E-state index contributed by atoms with van der Waals surface area (Å²) in [6, 6.07) is 4.76. The third-order valence-corrected chi connectivity index (χ3v) is 3.68. The van der Waals surface area contributed by atoms with E-state index >= 15 is 0 Å². The summed E-state index contributed by atoms with van der Waals surface area (Å²) in [6.45, 7) is 3.86. The molecule has 17 heavy (non-hydrogen) atoms. The monoisotopic (exact) mass is 319 g/mol. The van der Waals surface area contributed by atoms with E-state index in [2.05, 4.69) is 21.2 Å². The molecule has 0 unspecified atom stereocenters. The molecule has 94 valence electrons. The molecule has 0 aliphatic heterocycles. The molecule has 0 atom stereocenters. The third kappa shape index (κ3) is 5.55. The second kappa shape index (κ2) is 7.01. The van der Waals surface area contributed by atoms with Gasteiger partial charge in [-0.2, -0.15) is 0 Å². The van der Waals surface area contributed by atoms with Gasteiger partial charge in [0.15, 0.2) is 0 Å². The molecular weight excluding hydrogens is 305 g/mol. The van der Waals surface area contributed by atoms with Crippen molar-refractivity contribution in [1.82, 2.24) is 5.32 Å². The number of thioether (sulfide) groups is 1. The van der Waals surface area contributed by atoms with Crippen molar-refractivity contribution in [1.29, 1.82) is 0 Å². The van der Waals surface area contributed by atoms with Gasteiger partial charge in [0.25, 0.3) is 0 Å². The average Bonchev–Trinajstić information content (AvgIpc) is 2.20. The average molecular weight is 320 g/mol. The topological polar surface area (TPSA) is 29.1 Å². The SMILES string of the molecule is CC(C)NC(=O)CSCc1ccc(F)cc1Br. The van der Waals surface area contributed by atoms with Crippen LogP contribution in [0.1, 0.15) is 19.4 Å². The molecule has 0 aliphatic rings. The van der Waals surface area contributed by atoms with Crippen LogP contribution < -0.4 is 5.32 Å². The van der Waals surface area contributed by atoms with E-state index < -0.39 is 0 Å². The summed E-state index contributed by atoms with van der Waals surface area (Å²) in [4.78, 5) is 11.4. The highest BCUT2D eigenvalue weighted by Gasteiger charge is 2.05. The van der Waals surface area contributed by atoms with E-state index in [9.17, 15) is 9.18 Å². The number of carbonyl (C=O) groups is 1. The van der Waals surface area contributed by atoms with Gasteiger partial charge in [0.05, 0.1) is 5.75 Å². The van der Waals surface area contributed by atoms with Crippen molar-refractivity contribution < 1.29 is 9.18 Å². The second-order valence-corrected chi connectivity index (χ2v) is 5.79. The van der Waals surface area contributed by atoms with E-state index in [0.717, 1.165) is 10.0 Å². The first-order valence-electron chi connectivity index (χ1n) is 5.30. The maximum absolute atomic E-state index is 12.8. The van der Waals surface area contributed by atoms with Gasteiger partial charge in [-0.15, -0.1) is 11.8 Å². The zero-order valence-corrected chi connectivity index (χ0v) is 12.2. The third-order valence-electron chi connectivity index (χ3n) is 1.96. The molecule has 0 spiro atoms. The van der Waals surface area contributed by atoms with Gasteiger partial charge in [-0.3, -0.25) is 4.79 Å². The van der Waals surface area contributed by atoms with Crippen LogP contribution >= 0.6 is 27.7 Å². The van der Waals surface area contributed by atoms with Gasteiger partial charge in [0.2, 0.25) is 5.91 Å². The first-order valence-corrected chi connectivity index (χ1v) is 7.25. The van der Waals surface area contributed by atoms with Crippen LogP contribution in [0.5, 0.6) is 0 Å². The van der Waals surface area contributed by atoms with Crippen LogP contribution in [0.3, 0.4) is 0 Å². The summed E-state index contributed by atoms with van der Waals surface area (Å²) >= 11 is 4.81. The van der Waals surface area contributed by atoms with Gasteiger partial charge in [-0.25, -0.2) is 4.39 Å². The standard InChI is InChI=1S/C12H15BrFNOS/c1-8(2)15-12(16)7-17-6-9-3-4-10(14)5-11(9)13/h3-5,8H,6-7H2,1-2H3,(H,15,16). The maximum atomic E-state index is 12.8. The first kappa shape index (κ1) is 14.5. The van der Waals surface area contributed by atoms with Crippen molar-refractivity contribution in [2.45, 2.75) is 25.6 Å². The van der Waals surface area contributed by atoms with Crippen molar-refractivity contribution in [3.05, 3.63) is 34.1 Å². The van der Waals surface area contributed by atoms with Crippen LogP contribution in [-0.2, 0) is 10.5 Å². The summed E-state index contributed by atoms with van der Waals surface area (Å²) in [5, 5.41) is 2.82. The molecule has 1 rings (SSSR count). The molecule has 0 aliphatic carbocycles. The van der Waals surface area contributed by atoms with Crippen molar-refractivity contribution in [3.8, 4) is 0 Å². The van der Waals surface area contributed by atoms with Crippen LogP contribution in [0, 0.1) is 5.82 Å². The molecule has 0 fully saturated rings.